The van der Waals surface area contributed by atoms with Gasteiger partial charge in [-0.2, -0.15) is 0 Å². The van der Waals surface area contributed by atoms with Gasteiger partial charge in [-0.15, -0.1) is 0 Å². The van der Waals surface area contributed by atoms with E-state index in [0.717, 1.165) is 0 Å². The van der Waals surface area contributed by atoms with E-state index in [1.54, 1.807) is 18.2 Å². The van der Waals surface area contributed by atoms with Crippen LogP contribution in [-0.4, -0.2) is 41.4 Å². The number of hydrogen-bond acceptors (Lipinski definition) is 5. The second-order valence-corrected chi connectivity index (χ2v) is 4.91. The van der Waals surface area contributed by atoms with Crippen LogP contribution < -0.4 is 9.97 Å². The lowest BCUT2D eigenvalue weighted by molar-refractivity contribution is -0.136. The van der Waals surface area contributed by atoms with Crippen molar-refractivity contribution in [3.8, 4) is 5.75 Å². The van der Waals surface area contributed by atoms with Crippen LogP contribution in [-0.2, 0) is 16.1 Å². The molecule has 107 valence electrons. The van der Waals surface area contributed by atoms with Crippen LogP contribution in [0, 0.1) is 0 Å². The number of fused-ring (bicyclic) bond motifs is 1. The van der Waals surface area contributed by atoms with Gasteiger partial charge in [0.25, 0.3) is 5.91 Å². The normalized spacial score (nSPS) is 21.1. The summed E-state index contributed by atoms with van der Waals surface area (Å²) in [5.41, 5.74) is 1.07. The lowest BCUT2D eigenvalue weighted by Gasteiger charge is -2.29. The van der Waals surface area contributed by atoms with E-state index in [2.05, 4.69) is 5.32 Å². The Morgan fingerprint density at radius 3 is 2.86 bits per heavy atom. The monoisotopic (exact) mass is 287 g/mol. The lowest BCUT2D eigenvalue weighted by atomic mass is 10.0. The van der Waals surface area contributed by atoms with Crippen molar-refractivity contribution in [2.75, 3.05) is 0 Å². The van der Waals surface area contributed by atoms with Gasteiger partial charge in [-0.1, -0.05) is 6.07 Å². The second-order valence-electron chi connectivity index (χ2n) is 4.91. The van der Waals surface area contributed by atoms with Crippen molar-refractivity contribution in [3.63, 3.8) is 0 Å². The Morgan fingerprint density at radius 1 is 1.33 bits per heavy atom. The van der Waals surface area contributed by atoms with Crippen molar-refractivity contribution >= 4 is 25.4 Å². The van der Waals surface area contributed by atoms with Crippen molar-refractivity contribution in [2.24, 2.45) is 0 Å². The van der Waals surface area contributed by atoms with E-state index in [-0.39, 0.29) is 24.8 Å². The van der Waals surface area contributed by atoms with Crippen LogP contribution in [0.15, 0.2) is 18.2 Å². The van der Waals surface area contributed by atoms with Crippen molar-refractivity contribution < 1.29 is 24.1 Å². The summed E-state index contributed by atoms with van der Waals surface area (Å²) in [7, 11) is 0.550. The first-order valence-corrected chi connectivity index (χ1v) is 6.51. The van der Waals surface area contributed by atoms with Crippen molar-refractivity contribution in [3.05, 3.63) is 29.3 Å². The van der Waals surface area contributed by atoms with Gasteiger partial charge in [0.15, 0.2) is 0 Å². The Labute approximate surface area is 121 Å². The fourth-order valence-corrected chi connectivity index (χ4v) is 2.72. The zero-order valence-electron chi connectivity index (χ0n) is 11.0. The summed E-state index contributed by atoms with van der Waals surface area (Å²) in [6.45, 7) is 0.213. The summed E-state index contributed by atoms with van der Waals surface area (Å²) < 4.78 is 4.97. The number of nitrogens with zero attached hydrogens (tertiary/aromatic N) is 1. The number of piperidine rings is 1. The van der Waals surface area contributed by atoms with Gasteiger partial charge in [0.1, 0.15) is 11.8 Å². The number of benzene rings is 1. The summed E-state index contributed by atoms with van der Waals surface area (Å²) in [5.74, 6) is -0.677. The predicted molar refractivity (Wildman–Crippen MR) is 71.1 cm³/mol. The summed E-state index contributed by atoms with van der Waals surface area (Å²) in [6.07, 6.45) is 0.525. The molecule has 1 unspecified atom stereocenters. The average Bonchev–Trinajstić information content (AvgIpc) is 2.78. The number of carbonyl (C=O) groups is 3. The number of nitrogens with one attached hydrogen (secondary N) is 1. The van der Waals surface area contributed by atoms with Crippen LogP contribution in [0.25, 0.3) is 0 Å². The molecule has 3 rings (SSSR count). The first kappa shape index (κ1) is 13.6. The van der Waals surface area contributed by atoms with Gasteiger partial charge in [-0.25, -0.2) is 0 Å². The van der Waals surface area contributed by atoms with Gasteiger partial charge in [0.05, 0.1) is 6.54 Å². The van der Waals surface area contributed by atoms with E-state index < -0.39 is 11.9 Å². The number of carbonyl (C=O) groups excluding carboxylic acids is 3. The van der Waals surface area contributed by atoms with Gasteiger partial charge < -0.3 is 14.6 Å². The van der Waals surface area contributed by atoms with E-state index in [4.69, 9.17) is 9.68 Å². The smallest absolute Gasteiger partial charge is 0.537 e. The molecule has 0 aromatic heterocycles. The van der Waals surface area contributed by atoms with Gasteiger partial charge in [0.2, 0.25) is 11.8 Å². The molecule has 2 aliphatic heterocycles. The molecule has 8 heteroatoms. The zero-order valence-corrected chi connectivity index (χ0v) is 11.0. The molecule has 0 aliphatic carbocycles. The van der Waals surface area contributed by atoms with Gasteiger partial charge in [0, 0.05) is 17.5 Å². The molecular weight excluding hydrogens is 275 g/mol. The van der Waals surface area contributed by atoms with Crippen molar-refractivity contribution in [2.45, 2.75) is 25.4 Å². The maximum atomic E-state index is 12.4. The van der Waals surface area contributed by atoms with E-state index in [1.165, 1.54) is 4.90 Å². The minimum absolute atomic E-state index is 0.213. The molecule has 1 fully saturated rings. The zero-order chi connectivity index (χ0) is 15.0. The molecule has 2 N–H and O–H groups in total. The van der Waals surface area contributed by atoms with Crippen molar-refractivity contribution in [1.82, 2.24) is 10.2 Å². The average molecular weight is 287 g/mol. The molecule has 1 aromatic rings. The molecule has 0 saturated carbocycles. The maximum Gasteiger partial charge on any atom is 0.569 e. The molecule has 1 atom stereocenters. The number of hydrogen-bond donors (Lipinski definition) is 2. The Hall–Kier alpha value is -2.35. The third kappa shape index (κ3) is 2.27. The summed E-state index contributed by atoms with van der Waals surface area (Å²) in [5, 5.41) is 11.0. The largest absolute Gasteiger partial charge is 0.569 e. The highest BCUT2D eigenvalue weighted by molar-refractivity contribution is 6.17. The van der Waals surface area contributed by atoms with Gasteiger partial charge in [-0.05, 0) is 18.6 Å². The van der Waals surface area contributed by atoms with Gasteiger partial charge >= 0.3 is 7.69 Å². The third-order valence-corrected chi connectivity index (χ3v) is 3.72. The molecule has 21 heavy (non-hydrogen) atoms. The summed E-state index contributed by atoms with van der Waals surface area (Å²) in [4.78, 5) is 36.9. The lowest BCUT2D eigenvalue weighted by Crippen LogP contribution is -2.52. The summed E-state index contributed by atoms with van der Waals surface area (Å²) >= 11 is 0. The predicted octanol–water partition coefficient (Wildman–Crippen LogP) is -0.647. The van der Waals surface area contributed by atoms with Gasteiger partial charge in [-0.3, -0.25) is 19.7 Å². The molecule has 1 saturated heterocycles. The maximum absolute atomic E-state index is 12.4. The van der Waals surface area contributed by atoms with Crippen LogP contribution in [0.1, 0.15) is 28.8 Å². The second kappa shape index (κ2) is 5.21. The SMILES string of the molecule is O=C1CCC(N2Cc3c(O[B]O)cccc3C2=O)C(=O)N1. The van der Waals surface area contributed by atoms with E-state index in [1.807, 2.05) is 0 Å². The number of imide groups is 1. The quantitative estimate of drug-likeness (QED) is 0.569. The van der Waals surface area contributed by atoms with E-state index in [9.17, 15) is 14.4 Å². The third-order valence-electron chi connectivity index (χ3n) is 3.72. The van der Waals surface area contributed by atoms with Crippen molar-refractivity contribution in [1.29, 1.82) is 0 Å². The Bertz CT molecular complexity index is 633. The minimum atomic E-state index is -0.659. The van der Waals surface area contributed by atoms with Crippen LogP contribution >= 0.6 is 0 Å². The molecular formula is C13H12BN2O5. The Balaban J connectivity index is 1.88. The molecule has 3 amide bonds. The highest BCUT2D eigenvalue weighted by atomic mass is 16.5. The standard InChI is InChI=1S/C13H12BN2O5/c17-11-5-4-9(12(18)15-11)16-6-8-7(13(16)19)2-1-3-10(8)21-14-20/h1-3,9,20H,4-6H2,(H,15,17,18). The van der Waals surface area contributed by atoms with Crippen LogP contribution in [0.4, 0.5) is 0 Å². The first-order chi connectivity index (χ1) is 10.1. The fourth-order valence-electron chi connectivity index (χ4n) is 2.72. The molecule has 7 nitrogen and oxygen atoms in total. The highest BCUT2D eigenvalue weighted by Gasteiger charge is 2.40. The number of rotatable bonds is 3. The molecule has 0 bridgehead atoms. The molecule has 1 aromatic carbocycles. The topological polar surface area (TPSA) is 95.9 Å². The Morgan fingerprint density at radius 2 is 2.14 bits per heavy atom. The fraction of sp³-hybridized carbons (Fsp3) is 0.308. The molecule has 0 spiro atoms. The van der Waals surface area contributed by atoms with E-state index >= 15 is 0 Å². The number of amides is 3. The highest BCUT2D eigenvalue weighted by Crippen LogP contribution is 2.33. The van der Waals surface area contributed by atoms with Crippen LogP contribution in [0.3, 0.4) is 0 Å². The van der Waals surface area contributed by atoms with Crippen LogP contribution in [0.5, 0.6) is 5.75 Å². The summed E-state index contributed by atoms with van der Waals surface area (Å²) in [6, 6.07) is 4.26. The minimum Gasteiger partial charge on any atom is -0.537 e. The molecule has 2 heterocycles. The Kier molecular flexibility index (Phi) is 3.38. The first-order valence-electron chi connectivity index (χ1n) is 6.51. The van der Waals surface area contributed by atoms with E-state index in [0.29, 0.717) is 31.0 Å². The molecule has 1 radical (unpaired) electrons. The molecule has 2 aliphatic rings. The van der Waals surface area contributed by atoms with Crippen LogP contribution in [0.2, 0.25) is 0 Å².